The maximum atomic E-state index is 12.5. The SMILES string of the molecule is CC1(C(=O)O)CCCN1C(=O)c1cc2sccc2s1. The molecular weight excluding hydrogens is 282 g/mol. The van der Waals surface area contributed by atoms with Gasteiger partial charge in [0.15, 0.2) is 0 Å². The molecule has 1 N–H and O–H groups in total. The number of thiophene rings is 2. The van der Waals surface area contributed by atoms with Crippen LogP contribution in [0.2, 0.25) is 0 Å². The third-order valence-electron chi connectivity index (χ3n) is 3.70. The first-order valence-corrected chi connectivity index (χ1v) is 7.74. The molecule has 0 aromatic carbocycles. The van der Waals surface area contributed by atoms with Gasteiger partial charge in [-0.25, -0.2) is 4.79 Å². The standard InChI is InChI=1S/C13H13NO3S2/c1-13(12(16)17)4-2-5-14(13)11(15)10-7-9-8(19-10)3-6-18-9/h3,6-7H,2,4-5H2,1H3,(H,16,17). The Labute approximate surface area is 118 Å². The van der Waals surface area contributed by atoms with E-state index in [0.29, 0.717) is 17.8 Å². The van der Waals surface area contributed by atoms with E-state index in [1.165, 1.54) is 16.2 Å². The highest BCUT2D eigenvalue weighted by Gasteiger charge is 2.46. The number of hydrogen-bond donors (Lipinski definition) is 1. The van der Waals surface area contributed by atoms with E-state index < -0.39 is 11.5 Å². The lowest BCUT2D eigenvalue weighted by atomic mass is 9.99. The predicted octanol–water partition coefficient (Wildman–Crippen LogP) is 3.04. The first-order valence-electron chi connectivity index (χ1n) is 6.05. The van der Waals surface area contributed by atoms with Crippen LogP contribution in [0.3, 0.4) is 0 Å². The van der Waals surface area contributed by atoms with Gasteiger partial charge in [-0.05, 0) is 37.3 Å². The quantitative estimate of drug-likeness (QED) is 0.926. The van der Waals surface area contributed by atoms with E-state index in [-0.39, 0.29) is 5.91 Å². The zero-order chi connectivity index (χ0) is 13.6. The van der Waals surface area contributed by atoms with E-state index in [4.69, 9.17) is 0 Å². The Morgan fingerprint density at radius 1 is 1.42 bits per heavy atom. The van der Waals surface area contributed by atoms with Gasteiger partial charge >= 0.3 is 5.97 Å². The minimum atomic E-state index is -1.06. The van der Waals surface area contributed by atoms with Crippen LogP contribution in [0.5, 0.6) is 0 Å². The number of carboxylic acid groups (broad SMARTS) is 1. The summed E-state index contributed by atoms with van der Waals surface area (Å²) >= 11 is 3.04. The zero-order valence-electron chi connectivity index (χ0n) is 10.4. The summed E-state index contributed by atoms with van der Waals surface area (Å²) in [6.07, 6.45) is 1.27. The Kier molecular flexibility index (Phi) is 2.87. The molecule has 1 aliphatic heterocycles. The Morgan fingerprint density at radius 3 is 2.89 bits per heavy atom. The van der Waals surface area contributed by atoms with E-state index in [1.807, 2.05) is 17.5 Å². The van der Waals surface area contributed by atoms with Crippen LogP contribution in [-0.2, 0) is 4.79 Å². The molecular formula is C13H13NO3S2. The smallest absolute Gasteiger partial charge is 0.329 e. The summed E-state index contributed by atoms with van der Waals surface area (Å²) in [6.45, 7) is 2.16. The van der Waals surface area contributed by atoms with Crippen LogP contribution in [0.1, 0.15) is 29.4 Å². The third kappa shape index (κ3) is 1.86. The summed E-state index contributed by atoms with van der Waals surface area (Å²) < 4.78 is 2.18. The molecule has 3 rings (SSSR count). The van der Waals surface area contributed by atoms with E-state index in [2.05, 4.69) is 0 Å². The number of carboxylic acids is 1. The van der Waals surface area contributed by atoms with Crippen LogP contribution in [-0.4, -0.2) is 34.0 Å². The number of carbonyl (C=O) groups excluding carboxylic acids is 1. The van der Waals surface area contributed by atoms with Gasteiger partial charge in [-0.15, -0.1) is 22.7 Å². The Balaban J connectivity index is 1.95. The molecule has 0 radical (unpaired) electrons. The summed E-state index contributed by atoms with van der Waals surface area (Å²) in [7, 11) is 0. The predicted molar refractivity (Wildman–Crippen MR) is 76.0 cm³/mol. The normalized spacial score (nSPS) is 23.1. The molecule has 1 aliphatic rings. The lowest BCUT2D eigenvalue weighted by Crippen LogP contribution is -2.50. The second kappa shape index (κ2) is 4.31. The monoisotopic (exact) mass is 295 g/mol. The molecule has 6 heteroatoms. The highest BCUT2D eigenvalue weighted by atomic mass is 32.1. The summed E-state index contributed by atoms with van der Waals surface area (Å²) in [5.41, 5.74) is -1.06. The molecule has 0 spiro atoms. The molecule has 1 atom stereocenters. The largest absolute Gasteiger partial charge is 0.480 e. The number of nitrogens with zero attached hydrogens (tertiary/aromatic N) is 1. The van der Waals surface area contributed by atoms with Gasteiger partial charge in [0.25, 0.3) is 5.91 Å². The molecule has 1 saturated heterocycles. The van der Waals surface area contributed by atoms with Crippen LogP contribution >= 0.6 is 22.7 Å². The Hall–Kier alpha value is -1.40. The maximum Gasteiger partial charge on any atom is 0.329 e. The van der Waals surface area contributed by atoms with Crippen molar-refractivity contribution in [2.24, 2.45) is 0 Å². The van der Waals surface area contributed by atoms with Crippen molar-refractivity contribution in [2.45, 2.75) is 25.3 Å². The first-order chi connectivity index (χ1) is 9.02. The van der Waals surface area contributed by atoms with Gasteiger partial charge in [0.05, 0.1) is 4.88 Å². The maximum absolute atomic E-state index is 12.5. The second-order valence-electron chi connectivity index (χ2n) is 4.90. The number of hydrogen-bond acceptors (Lipinski definition) is 4. The fraction of sp³-hybridized carbons (Fsp3) is 0.385. The molecule has 0 saturated carbocycles. The van der Waals surface area contributed by atoms with E-state index in [0.717, 1.165) is 15.8 Å². The molecule has 2 aromatic rings. The van der Waals surface area contributed by atoms with Crippen molar-refractivity contribution in [3.63, 3.8) is 0 Å². The van der Waals surface area contributed by atoms with E-state index in [1.54, 1.807) is 18.3 Å². The molecule has 100 valence electrons. The minimum Gasteiger partial charge on any atom is -0.480 e. The second-order valence-corrected chi connectivity index (χ2v) is 6.93. The van der Waals surface area contributed by atoms with Crippen molar-refractivity contribution in [1.82, 2.24) is 4.90 Å². The highest BCUT2D eigenvalue weighted by Crippen LogP contribution is 2.35. The summed E-state index contributed by atoms with van der Waals surface area (Å²) in [6, 6.07) is 3.86. The summed E-state index contributed by atoms with van der Waals surface area (Å²) in [4.78, 5) is 26.1. The molecule has 2 aromatic heterocycles. The number of amides is 1. The van der Waals surface area contributed by atoms with Gasteiger partial charge in [-0.1, -0.05) is 0 Å². The van der Waals surface area contributed by atoms with Gasteiger partial charge in [0, 0.05) is 15.9 Å². The van der Waals surface area contributed by atoms with Crippen molar-refractivity contribution in [3.05, 3.63) is 22.4 Å². The van der Waals surface area contributed by atoms with Crippen molar-refractivity contribution >= 4 is 43.9 Å². The number of likely N-dealkylation sites (tertiary alicyclic amines) is 1. The fourth-order valence-corrected chi connectivity index (χ4v) is 4.57. The number of rotatable bonds is 2. The van der Waals surface area contributed by atoms with Gasteiger partial charge in [0.1, 0.15) is 5.54 Å². The van der Waals surface area contributed by atoms with Gasteiger partial charge < -0.3 is 10.0 Å². The van der Waals surface area contributed by atoms with Crippen LogP contribution in [0.4, 0.5) is 0 Å². The van der Waals surface area contributed by atoms with Crippen LogP contribution in [0, 0.1) is 0 Å². The lowest BCUT2D eigenvalue weighted by Gasteiger charge is -2.30. The topological polar surface area (TPSA) is 57.6 Å². The zero-order valence-corrected chi connectivity index (χ0v) is 12.0. The van der Waals surface area contributed by atoms with Crippen LogP contribution in [0.15, 0.2) is 17.5 Å². The summed E-state index contributed by atoms with van der Waals surface area (Å²) in [5.74, 6) is -1.08. The van der Waals surface area contributed by atoms with Crippen molar-refractivity contribution in [1.29, 1.82) is 0 Å². The molecule has 1 amide bonds. The van der Waals surface area contributed by atoms with Crippen LogP contribution < -0.4 is 0 Å². The minimum absolute atomic E-state index is 0.157. The Bertz CT molecular complexity index is 631. The number of carbonyl (C=O) groups is 2. The molecule has 1 fully saturated rings. The van der Waals surface area contributed by atoms with Gasteiger partial charge in [-0.2, -0.15) is 0 Å². The van der Waals surface area contributed by atoms with E-state index >= 15 is 0 Å². The van der Waals surface area contributed by atoms with Crippen molar-refractivity contribution in [2.75, 3.05) is 6.54 Å². The van der Waals surface area contributed by atoms with Crippen molar-refractivity contribution in [3.8, 4) is 0 Å². The van der Waals surface area contributed by atoms with Crippen molar-refractivity contribution < 1.29 is 14.7 Å². The fourth-order valence-electron chi connectivity index (χ4n) is 2.52. The molecule has 0 bridgehead atoms. The number of fused-ring (bicyclic) bond motifs is 1. The average molecular weight is 295 g/mol. The van der Waals surface area contributed by atoms with Crippen LogP contribution in [0.25, 0.3) is 9.40 Å². The molecule has 19 heavy (non-hydrogen) atoms. The highest BCUT2D eigenvalue weighted by molar-refractivity contribution is 7.27. The molecule has 3 heterocycles. The number of aliphatic carboxylic acids is 1. The molecule has 4 nitrogen and oxygen atoms in total. The average Bonchev–Trinajstić information content (AvgIpc) is 3.00. The first kappa shape index (κ1) is 12.6. The Morgan fingerprint density at radius 2 is 2.21 bits per heavy atom. The lowest BCUT2D eigenvalue weighted by molar-refractivity contribution is -0.147. The van der Waals surface area contributed by atoms with Gasteiger partial charge in [0.2, 0.25) is 0 Å². The third-order valence-corrected chi connectivity index (χ3v) is 5.78. The summed E-state index contributed by atoms with van der Waals surface area (Å²) in [5, 5.41) is 11.3. The van der Waals surface area contributed by atoms with Gasteiger partial charge in [-0.3, -0.25) is 4.79 Å². The molecule has 1 unspecified atom stereocenters. The van der Waals surface area contributed by atoms with E-state index in [9.17, 15) is 14.7 Å². The molecule has 0 aliphatic carbocycles.